The highest BCUT2D eigenvalue weighted by Gasteiger charge is 2.14. The molecule has 5 heteroatoms. The smallest absolute Gasteiger partial charge is 0.335 e. The van der Waals surface area contributed by atoms with Crippen LogP contribution >= 0.6 is 0 Å². The lowest BCUT2D eigenvalue weighted by Crippen LogP contribution is -2.02. The summed E-state index contributed by atoms with van der Waals surface area (Å²) >= 11 is 0. The molecule has 3 rings (SSSR count). The summed E-state index contributed by atoms with van der Waals surface area (Å²) in [5.41, 5.74) is 2.77. The van der Waals surface area contributed by atoms with Gasteiger partial charge in [-0.25, -0.2) is 4.79 Å². The molecule has 0 radical (unpaired) electrons. The Morgan fingerprint density at radius 1 is 1.17 bits per heavy atom. The number of hydrogen-bond donors (Lipinski definition) is 1. The average Bonchev–Trinajstić information content (AvgIpc) is 2.99. The van der Waals surface area contributed by atoms with E-state index in [1.165, 1.54) is 0 Å². The van der Waals surface area contributed by atoms with Gasteiger partial charge in [0.1, 0.15) is 12.4 Å². The first kappa shape index (κ1) is 14.8. The number of aromatic carboxylic acids is 1. The summed E-state index contributed by atoms with van der Waals surface area (Å²) in [6.07, 6.45) is 1.67. The number of aryl methyl sites for hydroxylation is 1. The number of carboxylic acids is 1. The fraction of sp³-hybridized carbons (Fsp3) is 0.111. The standard InChI is InChI=1S/C18H16N2O3/c1-20-16(9-10-19-20)15-11-14(18(21)22)7-8-17(15)23-12-13-5-3-2-4-6-13/h2-11H,12H2,1H3,(H,21,22). The predicted octanol–water partition coefficient (Wildman–Crippen LogP) is 3.36. The monoisotopic (exact) mass is 308 g/mol. The summed E-state index contributed by atoms with van der Waals surface area (Å²) in [6, 6.07) is 16.5. The zero-order valence-electron chi connectivity index (χ0n) is 12.6. The van der Waals surface area contributed by atoms with Crippen LogP contribution in [0.5, 0.6) is 5.75 Å². The van der Waals surface area contributed by atoms with Crippen LogP contribution in [0.25, 0.3) is 11.3 Å². The van der Waals surface area contributed by atoms with Gasteiger partial charge in [0.25, 0.3) is 0 Å². The van der Waals surface area contributed by atoms with Crippen LogP contribution in [-0.2, 0) is 13.7 Å². The second-order valence-corrected chi connectivity index (χ2v) is 5.13. The van der Waals surface area contributed by atoms with Crippen LogP contribution in [0.1, 0.15) is 15.9 Å². The van der Waals surface area contributed by atoms with Crippen molar-refractivity contribution in [2.75, 3.05) is 0 Å². The minimum atomic E-state index is -0.969. The second kappa shape index (κ2) is 6.36. The first-order valence-electron chi connectivity index (χ1n) is 7.17. The molecular weight excluding hydrogens is 292 g/mol. The van der Waals surface area contributed by atoms with Crippen molar-refractivity contribution in [2.24, 2.45) is 7.05 Å². The van der Waals surface area contributed by atoms with Crippen molar-refractivity contribution < 1.29 is 14.6 Å². The molecule has 23 heavy (non-hydrogen) atoms. The fourth-order valence-electron chi connectivity index (χ4n) is 2.36. The van der Waals surface area contributed by atoms with Crippen molar-refractivity contribution in [1.29, 1.82) is 0 Å². The van der Waals surface area contributed by atoms with Gasteiger partial charge in [-0.15, -0.1) is 0 Å². The molecule has 0 unspecified atom stereocenters. The Morgan fingerprint density at radius 2 is 1.96 bits per heavy atom. The Balaban J connectivity index is 1.96. The number of hydrogen-bond acceptors (Lipinski definition) is 3. The summed E-state index contributed by atoms with van der Waals surface area (Å²) in [6.45, 7) is 0.415. The van der Waals surface area contributed by atoms with Crippen LogP contribution in [0.3, 0.4) is 0 Å². The lowest BCUT2D eigenvalue weighted by molar-refractivity contribution is 0.0697. The molecule has 0 fully saturated rings. The average molecular weight is 308 g/mol. The number of carboxylic acid groups (broad SMARTS) is 1. The fourth-order valence-corrected chi connectivity index (χ4v) is 2.36. The first-order chi connectivity index (χ1) is 11.1. The molecule has 116 valence electrons. The molecule has 0 saturated carbocycles. The van der Waals surface area contributed by atoms with E-state index in [0.29, 0.717) is 17.9 Å². The summed E-state index contributed by atoms with van der Waals surface area (Å²) < 4.78 is 7.59. The Morgan fingerprint density at radius 3 is 2.61 bits per heavy atom. The van der Waals surface area contributed by atoms with Crippen molar-refractivity contribution in [2.45, 2.75) is 6.61 Å². The molecule has 0 saturated heterocycles. The van der Waals surface area contributed by atoms with Crippen LogP contribution in [0.2, 0.25) is 0 Å². The quantitative estimate of drug-likeness (QED) is 0.785. The SMILES string of the molecule is Cn1nccc1-c1cc(C(=O)O)ccc1OCc1ccccc1. The molecule has 0 atom stereocenters. The van der Waals surface area contributed by atoms with Crippen molar-refractivity contribution in [1.82, 2.24) is 9.78 Å². The lowest BCUT2D eigenvalue weighted by atomic mass is 10.1. The van der Waals surface area contributed by atoms with Crippen LogP contribution < -0.4 is 4.74 Å². The van der Waals surface area contributed by atoms with Crippen molar-refractivity contribution in [3.8, 4) is 17.0 Å². The molecule has 3 aromatic rings. The molecule has 1 aromatic heterocycles. The van der Waals surface area contributed by atoms with Crippen molar-refractivity contribution in [3.05, 3.63) is 71.9 Å². The van der Waals surface area contributed by atoms with Gasteiger partial charge in [-0.2, -0.15) is 5.10 Å². The van der Waals surface area contributed by atoms with E-state index in [1.807, 2.05) is 43.4 Å². The lowest BCUT2D eigenvalue weighted by Gasteiger charge is -2.13. The molecule has 0 amide bonds. The Kier molecular flexibility index (Phi) is 4.10. The predicted molar refractivity (Wildman–Crippen MR) is 86.4 cm³/mol. The number of aromatic nitrogens is 2. The van der Waals surface area contributed by atoms with Crippen LogP contribution in [0.15, 0.2) is 60.8 Å². The van der Waals surface area contributed by atoms with E-state index >= 15 is 0 Å². The van der Waals surface area contributed by atoms with E-state index in [2.05, 4.69) is 5.10 Å². The molecule has 1 N–H and O–H groups in total. The minimum absolute atomic E-state index is 0.216. The number of rotatable bonds is 5. The van der Waals surface area contributed by atoms with E-state index in [0.717, 1.165) is 11.3 Å². The van der Waals surface area contributed by atoms with Crippen LogP contribution in [0, 0.1) is 0 Å². The highest BCUT2D eigenvalue weighted by molar-refractivity contribution is 5.90. The molecule has 2 aromatic carbocycles. The zero-order chi connectivity index (χ0) is 16.2. The molecule has 1 heterocycles. The molecule has 0 spiro atoms. The Hall–Kier alpha value is -3.08. The molecular formula is C18H16N2O3. The van der Waals surface area contributed by atoms with Gasteiger partial charge in [-0.3, -0.25) is 4.68 Å². The number of ether oxygens (including phenoxy) is 1. The number of benzene rings is 2. The summed E-state index contributed by atoms with van der Waals surface area (Å²) in [5, 5.41) is 13.4. The van der Waals surface area contributed by atoms with Crippen molar-refractivity contribution in [3.63, 3.8) is 0 Å². The highest BCUT2D eigenvalue weighted by Crippen LogP contribution is 2.31. The third-order valence-electron chi connectivity index (χ3n) is 3.56. The summed E-state index contributed by atoms with van der Waals surface area (Å²) in [7, 11) is 1.81. The summed E-state index contributed by atoms with van der Waals surface area (Å²) in [5.74, 6) is -0.342. The Bertz CT molecular complexity index is 825. The third-order valence-corrected chi connectivity index (χ3v) is 3.56. The van der Waals surface area contributed by atoms with E-state index < -0.39 is 5.97 Å². The molecule has 5 nitrogen and oxygen atoms in total. The van der Waals surface area contributed by atoms with Gasteiger partial charge in [0.05, 0.1) is 11.3 Å². The van der Waals surface area contributed by atoms with E-state index in [4.69, 9.17) is 4.74 Å². The van der Waals surface area contributed by atoms with E-state index in [1.54, 1.807) is 29.1 Å². The molecule has 0 aliphatic rings. The molecule has 0 aliphatic carbocycles. The van der Waals surface area contributed by atoms with Gasteiger partial charge in [0.15, 0.2) is 0 Å². The van der Waals surface area contributed by atoms with Gasteiger partial charge in [-0.05, 0) is 29.8 Å². The van der Waals surface area contributed by atoms with Crippen LogP contribution in [0.4, 0.5) is 0 Å². The van der Waals surface area contributed by atoms with Gasteiger partial charge in [0.2, 0.25) is 0 Å². The minimum Gasteiger partial charge on any atom is -0.488 e. The van der Waals surface area contributed by atoms with Gasteiger partial charge in [0, 0.05) is 18.8 Å². The Labute approximate surface area is 133 Å². The van der Waals surface area contributed by atoms with Crippen molar-refractivity contribution >= 4 is 5.97 Å². The van der Waals surface area contributed by atoms with Gasteiger partial charge < -0.3 is 9.84 Å². The van der Waals surface area contributed by atoms with Gasteiger partial charge in [-0.1, -0.05) is 30.3 Å². The zero-order valence-corrected chi connectivity index (χ0v) is 12.6. The maximum atomic E-state index is 11.2. The largest absolute Gasteiger partial charge is 0.488 e. The number of nitrogens with zero attached hydrogens (tertiary/aromatic N) is 2. The molecule has 0 aliphatic heterocycles. The highest BCUT2D eigenvalue weighted by atomic mass is 16.5. The van der Waals surface area contributed by atoms with Gasteiger partial charge >= 0.3 is 5.97 Å². The van der Waals surface area contributed by atoms with Crippen LogP contribution in [-0.4, -0.2) is 20.9 Å². The van der Waals surface area contributed by atoms with E-state index in [-0.39, 0.29) is 5.56 Å². The third kappa shape index (κ3) is 3.23. The second-order valence-electron chi connectivity index (χ2n) is 5.13. The first-order valence-corrected chi connectivity index (χ1v) is 7.17. The maximum Gasteiger partial charge on any atom is 0.335 e. The van der Waals surface area contributed by atoms with E-state index in [9.17, 15) is 9.90 Å². The normalized spacial score (nSPS) is 10.5. The molecule has 0 bridgehead atoms. The topological polar surface area (TPSA) is 64.4 Å². The maximum absolute atomic E-state index is 11.2. The number of carbonyl (C=O) groups is 1. The summed E-state index contributed by atoms with van der Waals surface area (Å²) in [4.78, 5) is 11.2.